The summed E-state index contributed by atoms with van der Waals surface area (Å²) in [7, 11) is -3.01. The molecule has 1 atom stereocenters. The summed E-state index contributed by atoms with van der Waals surface area (Å²) >= 11 is 0. The van der Waals surface area contributed by atoms with Crippen LogP contribution in [-0.4, -0.2) is 14.2 Å². The van der Waals surface area contributed by atoms with Crippen LogP contribution in [0.15, 0.2) is 24.3 Å². The highest BCUT2D eigenvalue weighted by molar-refractivity contribution is 7.89. The first-order valence-electron chi connectivity index (χ1n) is 4.63. The lowest BCUT2D eigenvalue weighted by Gasteiger charge is -2.09. The fourth-order valence-electron chi connectivity index (χ4n) is 1.73. The summed E-state index contributed by atoms with van der Waals surface area (Å²) in [5.41, 5.74) is 2.22. The Morgan fingerprint density at radius 3 is 2.79 bits per heavy atom. The van der Waals surface area contributed by atoms with Gasteiger partial charge in [0.1, 0.15) is 0 Å². The molecule has 1 N–H and O–H groups in total. The molecule has 3 nitrogen and oxygen atoms in total. The largest absolute Gasteiger partial charge is 0.212 e. The van der Waals surface area contributed by atoms with Gasteiger partial charge in [0.25, 0.3) is 0 Å². The fourth-order valence-corrected chi connectivity index (χ4v) is 3.08. The van der Waals surface area contributed by atoms with Crippen molar-refractivity contribution in [2.75, 3.05) is 5.75 Å². The second-order valence-corrected chi connectivity index (χ2v) is 5.57. The Balaban J connectivity index is 2.26. The number of nitrogens with one attached hydrogen (secondary N) is 1. The highest BCUT2D eigenvalue weighted by Crippen LogP contribution is 2.24. The Morgan fingerprint density at radius 1 is 1.43 bits per heavy atom. The lowest BCUT2D eigenvalue weighted by atomic mass is 10.0. The normalized spacial score (nSPS) is 25.1. The minimum Gasteiger partial charge on any atom is -0.212 e. The van der Waals surface area contributed by atoms with Crippen molar-refractivity contribution in [3.05, 3.63) is 35.4 Å². The van der Waals surface area contributed by atoms with Crippen molar-refractivity contribution in [2.45, 2.75) is 19.4 Å². The minimum atomic E-state index is -3.01. The van der Waals surface area contributed by atoms with Crippen molar-refractivity contribution in [3.8, 4) is 0 Å². The van der Waals surface area contributed by atoms with E-state index in [0.717, 1.165) is 11.1 Å². The Kier molecular flexibility index (Phi) is 2.33. The molecule has 0 saturated carbocycles. The molecular formula is C10H13NO2S. The summed E-state index contributed by atoms with van der Waals surface area (Å²) in [6, 6.07) is 7.92. The van der Waals surface area contributed by atoms with Crippen LogP contribution in [0.3, 0.4) is 0 Å². The van der Waals surface area contributed by atoms with E-state index in [-0.39, 0.29) is 11.8 Å². The molecule has 0 bridgehead atoms. The molecule has 14 heavy (non-hydrogen) atoms. The third kappa shape index (κ3) is 1.96. The minimum absolute atomic E-state index is 0.0279. The first kappa shape index (κ1) is 9.68. The van der Waals surface area contributed by atoms with Gasteiger partial charge in [0.2, 0.25) is 10.0 Å². The summed E-state index contributed by atoms with van der Waals surface area (Å²) in [4.78, 5) is 0. The van der Waals surface area contributed by atoms with Crippen LogP contribution >= 0.6 is 0 Å². The van der Waals surface area contributed by atoms with Gasteiger partial charge >= 0.3 is 0 Å². The molecule has 0 unspecified atom stereocenters. The van der Waals surface area contributed by atoms with Gasteiger partial charge in [-0.3, -0.25) is 0 Å². The standard InChI is InChI=1S/C10H13NO2S/c1-8-3-2-4-9(7-8)10-5-6-14(12,13)11-10/h2-4,7,10-11H,5-6H2,1H3/t10-/m1/s1. The molecule has 1 aromatic rings. The Hall–Kier alpha value is -0.870. The van der Waals surface area contributed by atoms with Gasteiger partial charge in [0, 0.05) is 6.04 Å². The number of sulfonamides is 1. The third-order valence-corrected chi connectivity index (χ3v) is 3.86. The average molecular weight is 211 g/mol. The molecule has 76 valence electrons. The SMILES string of the molecule is Cc1cccc([C@H]2CCS(=O)(=O)N2)c1. The van der Waals surface area contributed by atoms with Crippen LogP contribution in [0.4, 0.5) is 0 Å². The molecule has 1 aliphatic heterocycles. The molecule has 1 heterocycles. The van der Waals surface area contributed by atoms with Crippen molar-refractivity contribution in [3.63, 3.8) is 0 Å². The highest BCUT2D eigenvalue weighted by atomic mass is 32.2. The fraction of sp³-hybridized carbons (Fsp3) is 0.400. The lowest BCUT2D eigenvalue weighted by Crippen LogP contribution is -2.19. The molecule has 0 spiro atoms. The van der Waals surface area contributed by atoms with Crippen molar-refractivity contribution in [2.24, 2.45) is 0 Å². The van der Waals surface area contributed by atoms with Gasteiger partial charge in [-0.15, -0.1) is 0 Å². The van der Waals surface area contributed by atoms with Gasteiger partial charge in [-0.1, -0.05) is 29.8 Å². The maximum absolute atomic E-state index is 11.2. The predicted octanol–water partition coefficient (Wildman–Crippen LogP) is 1.36. The van der Waals surface area contributed by atoms with Crippen LogP contribution in [0.25, 0.3) is 0 Å². The van der Waals surface area contributed by atoms with E-state index in [1.807, 2.05) is 31.2 Å². The smallest absolute Gasteiger partial charge is 0.212 e. The second-order valence-electron chi connectivity index (χ2n) is 3.69. The van der Waals surface area contributed by atoms with E-state index in [2.05, 4.69) is 4.72 Å². The van der Waals surface area contributed by atoms with Crippen molar-refractivity contribution in [1.29, 1.82) is 0 Å². The molecule has 1 aliphatic rings. The zero-order chi connectivity index (χ0) is 10.2. The highest BCUT2D eigenvalue weighted by Gasteiger charge is 2.27. The molecule has 1 saturated heterocycles. The van der Waals surface area contributed by atoms with E-state index in [1.54, 1.807) is 0 Å². The number of benzene rings is 1. The van der Waals surface area contributed by atoms with E-state index in [4.69, 9.17) is 0 Å². The molecule has 4 heteroatoms. The monoisotopic (exact) mass is 211 g/mol. The van der Waals surface area contributed by atoms with Crippen LogP contribution < -0.4 is 4.72 Å². The van der Waals surface area contributed by atoms with Gasteiger partial charge in [-0.05, 0) is 18.9 Å². The first-order chi connectivity index (χ1) is 6.57. The van der Waals surface area contributed by atoms with Crippen LogP contribution in [0.5, 0.6) is 0 Å². The van der Waals surface area contributed by atoms with E-state index in [0.29, 0.717) is 6.42 Å². The van der Waals surface area contributed by atoms with E-state index in [1.165, 1.54) is 0 Å². The van der Waals surface area contributed by atoms with Crippen molar-refractivity contribution in [1.82, 2.24) is 4.72 Å². The van der Waals surface area contributed by atoms with Gasteiger partial charge < -0.3 is 0 Å². The number of rotatable bonds is 1. The molecule has 0 amide bonds. The topological polar surface area (TPSA) is 46.2 Å². The number of aryl methyl sites for hydroxylation is 1. The molecule has 0 aliphatic carbocycles. The Labute approximate surface area is 84.2 Å². The van der Waals surface area contributed by atoms with E-state index < -0.39 is 10.0 Å². The second kappa shape index (κ2) is 3.37. The third-order valence-electron chi connectivity index (χ3n) is 2.44. The van der Waals surface area contributed by atoms with E-state index in [9.17, 15) is 8.42 Å². The summed E-state index contributed by atoms with van der Waals surface area (Å²) in [6.07, 6.45) is 0.672. The average Bonchev–Trinajstić information content (AvgIpc) is 2.46. The van der Waals surface area contributed by atoms with Gasteiger partial charge in [0.15, 0.2) is 0 Å². The van der Waals surface area contributed by atoms with Crippen LogP contribution in [-0.2, 0) is 10.0 Å². The zero-order valence-corrected chi connectivity index (χ0v) is 8.84. The molecule has 1 fully saturated rings. The molecule has 0 radical (unpaired) electrons. The quantitative estimate of drug-likeness (QED) is 0.762. The maximum Gasteiger partial charge on any atom is 0.212 e. The van der Waals surface area contributed by atoms with Gasteiger partial charge in [0.05, 0.1) is 5.75 Å². The summed E-state index contributed by atoms with van der Waals surface area (Å²) in [5.74, 6) is 0.242. The van der Waals surface area contributed by atoms with Crippen LogP contribution in [0, 0.1) is 6.92 Å². The lowest BCUT2D eigenvalue weighted by molar-refractivity contribution is 0.586. The zero-order valence-electron chi connectivity index (χ0n) is 8.03. The number of hydrogen-bond donors (Lipinski definition) is 1. The summed E-state index contributed by atoms with van der Waals surface area (Å²) in [6.45, 7) is 2.01. The van der Waals surface area contributed by atoms with Gasteiger partial charge in [-0.2, -0.15) is 0 Å². The number of hydrogen-bond acceptors (Lipinski definition) is 2. The van der Waals surface area contributed by atoms with Crippen LogP contribution in [0.1, 0.15) is 23.6 Å². The molecular weight excluding hydrogens is 198 g/mol. The van der Waals surface area contributed by atoms with Gasteiger partial charge in [-0.25, -0.2) is 13.1 Å². The summed E-state index contributed by atoms with van der Waals surface area (Å²) in [5, 5.41) is 0. The maximum atomic E-state index is 11.2. The Bertz CT molecular complexity index is 439. The van der Waals surface area contributed by atoms with Crippen LogP contribution in [0.2, 0.25) is 0 Å². The molecule has 2 rings (SSSR count). The van der Waals surface area contributed by atoms with Crippen molar-refractivity contribution < 1.29 is 8.42 Å². The predicted molar refractivity (Wildman–Crippen MR) is 55.5 cm³/mol. The molecule has 0 aromatic heterocycles. The van der Waals surface area contributed by atoms with Crippen molar-refractivity contribution >= 4 is 10.0 Å². The molecule has 1 aromatic carbocycles. The Morgan fingerprint density at radius 2 is 2.21 bits per heavy atom. The first-order valence-corrected chi connectivity index (χ1v) is 6.29. The summed E-state index contributed by atoms with van der Waals surface area (Å²) < 4.78 is 25.0. The van der Waals surface area contributed by atoms with E-state index >= 15 is 0 Å².